The van der Waals surface area contributed by atoms with E-state index in [1.807, 2.05) is 0 Å². The van der Waals surface area contributed by atoms with Crippen molar-refractivity contribution in [2.24, 2.45) is 16.6 Å². The minimum absolute atomic E-state index is 0.533. The fourth-order valence-electron chi connectivity index (χ4n) is 2.82. The van der Waals surface area contributed by atoms with E-state index < -0.39 is 0 Å². The molecule has 0 heterocycles. The molecule has 0 aliphatic heterocycles. The van der Waals surface area contributed by atoms with Gasteiger partial charge in [-0.25, -0.2) is 4.99 Å². The molecule has 19 heavy (non-hydrogen) atoms. The molecular weight excluding hydrogens is 232 g/mol. The predicted octanol–water partition coefficient (Wildman–Crippen LogP) is 3.66. The fourth-order valence-corrected chi connectivity index (χ4v) is 2.82. The Bertz CT molecular complexity index is 681. The van der Waals surface area contributed by atoms with Crippen LogP contribution in [0.2, 0.25) is 0 Å². The molecule has 0 unspecified atom stereocenters. The summed E-state index contributed by atoms with van der Waals surface area (Å²) in [6, 6.07) is 15.1. The van der Waals surface area contributed by atoms with Gasteiger partial charge in [0.1, 0.15) is 5.84 Å². The smallest absolute Gasteiger partial charge is 0.103 e. The minimum atomic E-state index is 0.533. The van der Waals surface area contributed by atoms with Crippen molar-refractivity contribution >= 4 is 11.5 Å². The van der Waals surface area contributed by atoms with Gasteiger partial charge in [0.2, 0.25) is 0 Å². The van der Waals surface area contributed by atoms with Gasteiger partial charge in [0.05, 0.1) is 5.69 Å². The van der Waals surface area contributed by atoms with Crippen LogP contribution in [0.15, 0.2) is 47.5 Å². The zero-order valence-corrected chi connectivity index (χ0v) is 10.8. The van der Waals surface area contributed by atoms with Crippen LogP contribution in [0, 0.1) is 5.92 Å². The van der Waals surface area contributed by atoms with Crippen molar-refractivity contribution in [1.29, 1.82) is 0 Å². The molecule has 2 nitrogen and oxygen atoms in total. The number of hydrogen-bond donors (Lipinski definition) is 1. The molecule has 2 N–H and O–H groups in total. The highest BCUT2D eigenvalue weighted by molar-refractivity contribution is 5.88. The van der Waals surface area contributed by atoms with Crippen LogP contribution in [0.3, 0.4) is 0 Å². The van der Waals surface area contributed by atoms with Gasteiger partial charge in [-0.2, -0.15) is 0 Å². The molecule has 2 aromatic rings. The van der Waals surface area contributed by atoms with Crippen molar-refractivity contribution in [3.63, 3.8) is 0 Å². The lowest BCUT2D eigenvalue weighted by molar-refractivity contribution is 1.15. The third kappa shape index (κ3) is 1.84. The van der Waals surface area contributed by atoms with Gasteiger partial charge in [-0.3, -0.25) is 0 Å². The van der Waals surface area contributed by atoms with Gasteiger partial charge < -0.3 is 5.73 Å². The molecule has 0 spiro atoms. The second kappa shape index (κ2) is 3.95. The van der Waals surface area contributed by atoms with Crippen LogP contribution in [-0.2, 0) is 6.42 Å². The van der Waals surface area contributed by atoms with E-state index in [1.165, 1.54) is 35.1 Å². The zero-order chi connectivity index (χ0) is 12.8. The van der Waals surface area contributed by atoms with Crippen molar-refractivity contribution in [3.8, 4) is 11.1 Å². The number of nitrogens with two attached hydrogens (primary N) is 1. The average Bonchev–Trinajstić information content (AvgIpc) is 3.20. The lowest BCUT2D eigenvalue weighted by atomic mass is 10.1. The van der Waals surface area contributed by atoms with Gasteiger partial charge in [-0.15, -0.1) is 0 Å². The van der Waals surface area contributed by atoms with Crippen molar-refractivity contribution < 1.29 is 0 Å². The number of rotatable bonds is 2. The van der Waals surface area contributed by atoms with E-state index in [-0.39, 0.29) is 0 Å². The molecule has 0 bridgehead atoms. The van der Waals surface area contributed by atoms with Crippen LogP contribution in [-0.4, -0.2) is 5.84 Å². The first-order valence-corrected chi connectivity index (χ1v) is 6.86. The standard InChI is InChI=1S/C17H16N2/c18-17(11-5-6-11)19-14-7-8-16-13(10-14)9-12-3-1-2-4-15(12)16/h1-4,7-8,10-11H,5-6,9H2,(H2,18,19). The maximum absolute atomic E-state index is 5.99. The second-order valence-electron chi connectivity index (χ2n) is 5.49. The van der Waals surface area contributed by atoms with Gasteiger partial charge in [0.25, 0.3) is 0 Å². The Morgan fingerprint density at radius 2 is 1.79 bits per heavy atom. The summed E-state index contributed by atoms with van der Waals surface area (Å²) in [6.07, 6.45) is 3.41. The Morgan fingerprint density at radius 1 is 1.00 bits per heavy atom. The number of aliphatic imine (C=N–C) groups is 1. The van der Waals surface area contributed by atoms with E-state index in [1.54, 1.807) is 0 Å². The van der Waals surface area contributed by atoms with Gasteiger partial charge in [0.15, 0.2) is 0 Å². The molecule has 0 amide bonds. The molecule has 2 aliphatic rings. The Kier molecular flexibility index (Phi) is 2.25. The van der Waals surface area contributed by atoms with Crippen LogP contribution in [0.1, 0.15) is 24.0 Å². The maximum Gasteiger partial charge on any atom is 0.103 e. The van der Waals surface area contributed by atoms with Crippen LogP contribution in [0.25, 0.3) is 11.1 Å². The Morgan fingerprint density at radius 3 is 2.63 bits per heavy atom. The van der Waals surface area contributed by atoms with E-state index >= 15 is 0 Å². The molecule has 2 aromatic carbocycles. The van der Waals surface area contributed by atoms with Crippen LogP contribution in [0.5, 0.6) is 0 Å². The average molecular weight is 248 g/mol. The summed E-state index contributed by atoms with van der Waals surface area (Å²) >= 11 is 0. The van der Waals surface area contributed by atoms with Crippen LogP contribution < -0.4 is 5.73 Å². The summed E-state index contributed by atoms with van der Waals surface area (Å²) in [7, 11) is 0. The fraction of sp³-hybridized carbons (Fsp3) is 0.235. The molecule has 1 saturated carbocycles. The number of hydrogen-bond acceptors (Lipinski definition) is 1. The molecule has 1 fully saturated rings. The molecule has 94 valence electrons. The van der Waals surface area contributed by atoms with Crippen LogP contribution >= 0.6 is 0 Å². The van der Waals surface area contributed by atoms with Crippen molar-refractivity contribution in [1.82, 2.24) is 0 Å². The van der Waals surface area contributed by atoms with Gasteiger partial charge >= 0.3 is 0 Å². The van der Waals surface area contributed by atoms with Crippen molar-refractivity contribution in [3.05, 3.63) is 53.6 Å². The van der Waals surface area contributed by atoms with Crippen molar-refractivity contribution in [2.45, 2.75) is 19.3 Å². The minimum Gasteiger partial charge on any atom is -0.387 e. The summed E-state index contributed by atoms with van der Waals surface area (Å²) in [5.74, 6) is 1.33. The zero-order valence-electron chi connectivity index (χ0n) is 10.8. The summed E-state index contributed by atoms with van der Waals surface area (Å²) in [5, 5.41) is 0. The van der Waals surface area contributed by atoms with Gasteiger partial charge in [-0.05, 0) is 53.6 Å². The first kappa shape index (κ1) is 10.8. The number of fused-ring (bicyclic) bond motifs is 3. The van der Waals surface area contributed by atoms with E-state index in [9.17, 15) is 0 Å². The Labute approximate surface area is 113 Å². The van der Waals surface area contributed by atoms with Crippen LogP contribution in [0.4, 0.5) is 5.69 Å². The molecule has 2 aliphatic carbocycles. The Balaban J connectivity index is 1.73. The lowest BCUT2D eigenvalue weighted by Gasteiger charge is -2.03. The van der Waals surface area contributed by atoms with Gasteiger partial charge in [-0.1, -0.05) is 30.3 Å². The molecule has 0 atom stereocenters. The number of nitrogens with zero attached hydrogens (tertiary/aromatic N) is 1. The molecule has 0 aromatic heterocycles. The largest absolute Gasteiger partial charge is 0.387 e. The topological polar surface area (TPSA) is 38.4 Å². The molecule has 4 rings (SSSR count). The number of benzene rings is 2. The molecule has 0 radical (unpaired) electrons. The summed E-state index contributed by atoms with van der Waals surface area (Å²) in [6.45, 7) is 0. The summed E-state index contributed by atoms with van der Waals surface area (Å²) in [5.41, 5.74) is 12.5. The highest BCUT2D eigenvalue weighted by Gasteiger charge is 2.25. The highest BCUT2D eigenvalue weighted by atomic mass is 14.9. The number of amidine groups is 1. The monoisotopic (exact) mass is 248 g/mol. The second-order valence-corrected chi connectivity index (χ2v) is 5.49. The third-order valence-corrected chi connectivity index (χ3v) is 4.03. The SMILES string of the molecule is NC(=Nc1ccc2c(c1)Cc1ccccc1-2)C1CC1. The first-order valence-electron chi connectivity index (χ1n) is 6.86. The molecule has 2 heteroatoms. The Hall–Kier alpha value is -2.09. The maximum atomic E-state index is 5.99. The summed E-state index contributed by atoms with van der Waals surface area (Å²) in [4.78, 5) is 4.56. The highest BCUT2D eigenvalue weighted by Crippen LogP contribution is 2.38. The third-order valence-electron chi connectivity index (χ3n) is 4.03. The lowest BCUT2D eigenvalue weighted by Crippen LogP contribution is -2.12. The van der Waals surface area contributed by atoms with E-state index in [0.717, 1.165) is 17.9 Å². The van der Waals surface area contributed by atoms with E-state index in [4.69, 9.17) is 5.73 Å². The molecule has 0 saturated heterocycles. The van der Waals surface area contributed by atoms with Crippen molar-refractivity contribution in [2.75, 3.05) is 0 Å². The quantitative estimate of drug-likeness (QED) is 0.545. The van der Waals surface area contributed by atoms with E-state index in [2.05, 4.69) is 47.5 Å². The predicted molar refractivity (Wildman–Crippen MR) is 78.7 cm³/mol. The van der Waals surface area contributed by atoms with Gasteiger partial charge in [0, 0.05) is 5.92 Å². The molecular formula is C17H16N2. The first-order chi connectivity index (χ1) is 9.31. The van der Waals surface area contributed by atoms with E-state index in [0.29, 0.717) is 5.92 Å². The summed E-state index contributed by atoms with van der Waals surface area (Å²) < 4.78 is 0. The normalized spacial score (nSPS) is 17.2.